The predicted molar refractivity (Wildman–Crippen MR) is 104 cm³/mol. The van der Waals surface area contributed by atoms with Gasteiger partial charge in [-0.05, 0) is 52.3 Å². The molecule has 0 saturated heterocycles. The summed E-state index contributed by atoms with van der Waals surface area (Å²) >= 11 is 9.89. The molecule has 4 rings (SSSR count). The van der Waals surface area contributed by atoms with Crippen molar-refractivity contribution in [2.24, 2.45) is 0 Å². The highest BCUT2D eigenvalue weighted by molar-refractivity contribution is 9.10. The molecule has 118 valence electrons. The van der Waals surface area contributed by atoms with E-state index >= 15 is 0 Å². The number of hydrogen-bond donors (Lipinski definition) is 1. The number of imidazole rings is 1. The average molecular weight is 399 g/mol. The van der Waals surface area contributed by atoms with E-state index in [0.717, 1.165) is 32.8 Å². The minimum atomic E-state index is 0.663. The quantitative estimate of drug-likeness (QED) is 0.446. The van der Waals surface area contributed by atoms with Crippen molar-refractivity contribution in [3.05, 3.63) is 82.3 Å². The van der Waals surface area contributed by atoms with Gasteiger partial charge in [0.05, 0.1) is 26.2 Å². The van der Waals surface area contributed by atoms with Crippen LogP contribution in [0.3, 0.4) is 0 Å². The minimum absolute atomic E-state index is 0.663. The van der Waals surface area contributed by atoms with Crippen LogP contribution < -0.4 is 5.32 Å². The number of anilines is 2. The number of para-hydroxylation sites is 3. The molecule has 0 radical (unpaired) electrons. The summed E-state index contributed by atoms with van der Waals surface area (Å²) in [7, 11) is 0. The van der Waals surface area contributed by atoms with E-state index in [0.29, 0.717) is 5.02 Å². The normalized spacial score (nSPS) is 10.9. The summed E-state index contributed by atoms with van der Waals surface area (Å²) in [6.07, 6.45) is 0. The Morgan fingerprint density at radius 2 is 1.62 bits per heavy atom. The van der Waals surface area contributed by atoms with E-state index in [9.17, 15) is 0 Å². The Hall–Kier alpha value is -2.30. The third-order valence-corrected chi connectivity index (χ3v) is 5.14. The minimum Gasteiger partial charge on any atom is -0.325 e. The van der Waals surface area contributed by atoms with Gasteiger partial charge in [0.2, 0.25) is 5.95 Å². The van der Waals surface area contributed by atoms with Gasteiger partial charge in [-0.3, -0.25) is 4.57 Å². The van der Waals surface area contributed by atoms with Crippen LogP contribution in [0.2, 0.25) is 5.02 Å². The molecule has 3 nitrogen and oxygen atoms in total. The lowest BCUT2D eigenvalue weighted by molar-refractivity contribution is 1.09. The summed E-state index contributed by atoms with van der Waals surface area (Å²) in [4.78, 5) is 4.74. The lowest BCUT2D eigenvalue weighted by atomic mass is 10.3. The predicted octanol–water partition coefficient (Wildman–Crippen LogP) is 6.19. The van der Waals surface area contributed by atoms with Crippen molar-refractivity contribution in [2.45, 2.75) is 0 Å². The molecule has 0 atom stereocenters. The number of nitrogens with one attached hydrogen (secondary N) is 1. The first-order valence-electron chi connectivity index (χ1n) is 7.48. The standard InChI is InChI=1S/C19H13BrClN3/c20-18-14(21)9-6-12-17(18)24-16-11-5-4-10-15(16)23-19(24)22-13-7-2-1-3-8-13/h1-12H,(H,22,23). The van der Waals surface area contributed by atoms with Crippen molar-refractivity contribution in [1.82, 2.24) is 9.55 Å². The summed E-state index contributed by atoms with van der Waals surface area (Å²) in [6.45, 7) is 0. The number of nitrogens with zero attached hydrogens (tertiary/aromatic N) is 2. The molecule has 0 aliphatic heterocycles. The lowest BCUT2D eigenvalue weighted by Gasteiger charge is -2.13. The summed E-state index contributed by atoms with van der Waals surface area (Å²) in [5.41, 5.74) is 3.85. The lowest BCUT2D eigenvalue weighted by Crippen LogP contribution is -2.02. The highest BCUT2D eigenvalue weighted by Gasteiger charge is 2.15. The van der Waals surface area contributed by atoms with Gasteiger partial charge in [0.1, 0.15) is 0 Å². The molecule has 24 heavy (non-hydrogen) atoms. The topological polar surface area (TPSA) is 29.9 Å². The number of aromatic nitrogens is 2. The van der Waals surface area contributed by atoms with E-state index in [4.69, 9.17) is 16.6 Å². The molecular weight excluding hydrogens is 386 g/mol. The zero-order chi connectivity index (χ0) is 16.5. The smallest absolute Gasteiger partial charge is 0.213 e. The summed E-state index contributed by atoms with van der Waals surface area (Å²) in [5, 5.41) is 4.06. The third kappa shape index (κ3) is 2.68. The maximum absolute atomic E-state index is 6.29. The van der Waals surface area contributed by atoms with Gasteiger partial charge in [-0.15, -0.1) is 0 Å². The Balaban J connectivity index is 1.95. The van der Waals surface area contributed by atoms with Crippen molar-refractivity contribution in [3.63, 3.8) is 0 Å². The van der Waals surface area contributed by atoms with Gasteiger partial charge in [0, 0.05) is 5.69 Å². The Bertz CT molecular complexity index is 1010. The van der Waals surface area contributed by atoms with Gasteiger partial charge in [-0.1, -0.05) is 48.0 Å². The fourth-order valence-corrected chi connectivity index (χ4v) is 3.28. The van der Waals surface area contributed by atoms with Crippen LogP contribution >= 0.6 is 27.5 Å². The van der Waals surface area contributed by atoms with Crippen LogP contribution in [0.1, 0.15) is 0 Å². The second-order valence-corrected chi connectivity index (χ2v) is 6.52. The monoisotopic (exact) mass is 397 g/mol. The molecule has 0 amide bonds. The van der Waals surface area contributed by atoms with E-state index in [1.54, 1.807) is 0 Å². The molecule has 1 N–H and O–H groups in total. The number of benzene rings is 3. The molecular formula is C19H13BrClN3. The van der Waals surface area contributed by atoms with Gasteiger partial charge in [0.15, 0.2) is 0 Å². The molecule has 0 saturated carbocycles. The van der Waals surface area contributed by atoms with Crippen LogP contribution in [0.25, 0.3) is 16.7 Å². The average Bonchev–Trinajstić information content (AvgIpc) is 2.96. The second-order valence-electron chi connectivity index (χ2n) is 5.32. The Morgan fingerprint density at radius 1 is 0.875 bits per heavy atom. The first-order chi connectivity index (χ1) is 11.7. The van der Waals surface area contributed by atoms with Crippen molar-refractivity contribution < 1.29 is 0 Å². The maximum Gasteiger partial charge on any atom is 0.213 e. The maximum atomic E-state index is 6.29. The number of halogens is 2. The number of rotatable bonds is 3. The fourth-order valence-electron chi connectivity index (χ4n) is 2.67. The van der Waals surface area contributed by atoms with Crippen molar-refractivity contribution in [2.75, 3.05) is 5.32 Å². The van der Waals surface area contributed by atoms with E-state index in [1.807, 2.05) is 72.8 Å². The van der Waals surface area contributed by atoms with Crippen molar-refractivity contribution in [3.8, 4) is 5.69 Å². The highest BCUT2D eigenvalue weighted by Crippen LogP contribution is 2.34. The summed E-state index contributed by atoms with van der Waals surface area (Å²) in [6, 6.07) is 23.8. The zero-order valence-electron chi connectivity index (χ0n) is 12.6. The molecule has 4 aromatic rings. The second kappa shape index (κ2) is 6.30. The molecule has 0 bridgehead atoms. The van der Waals surface area contributed by atoms with Crippen LogP contribution in [0.15, 0.2) is 77.3 Å². The molecule has 1 aromatic heterocycles. The Labute approximate surface area is 153 Å². The summed E-state index contributed by atoms with van der Waals surface area (Å²) in [5.74, 6) is 0.741. The molecule has 5 heteroatoms. The molecule has 1 heterocycles. The van der Waals surface area contributed by atoms with Gasteiger partial charge in [0.25, 0.3) is 0 Å². The SMILES string of the molecule is Clc1cccc(-n2c(Nc3ccccc3)nc3ccccc32)c1Br. The van der Waals surface area contributed by atoms with E-state index < -0.39 is 0 Å². The highest BCUT2D eigenvalue weighted by atomic mass is 79.9. The van der Waals surface area contributed by atoms with Gasteiger partial charge in [-0.25, -0.2) is 4.98 Å². The van der Waals surface area contributed by atoms with Crippen LogP contribution in [0.4, 0.5) is 11.6 Å². The first-order valence-corrected chi connectivity index (χ1v) is 8.65. The van der Waals surface area contributed by atoms with Crippen LogP contribution in [-0.4, -0.2) is 9.55 Å². The first kappa shape index (κ1) is 15.2. The van der Waals surface area contributed by atoms with Gasteiger partial charge < -0.3 is 5.32 Å². The summed E-state index contributed by atoms with van der Waals surface area (Å²) < 4.78 is 2.91. The van der Waals surface area contributed by atoms with E-state index in [1.165, 1.54) is 0 Å². The third-order valence-electron chi connectivity index (χ3n) is 3.76. The number of fused-ring (bicyclic) bond motifs is 1. The molecule has 0 spiro atoms. The van der Waals surface area contributed by atoms with Crippen LogP contribution in [-0.2, 0) is 0 Å². The van der Waals surface area contributed by atoms with Crippen LogP contribution in [0.5, 0.6) is 0 Å². The number of hydrogen-bond acceptors (Lipinski definition) is 2. The zero-order valence-corrected chi connectivity index (χ0v) is 14.9. The van der Waals surface area contributed by atoms with Gasteiger partial charge in [-0.2, -0.15) is 0 Å². The van der Waals surface area contributed by atoms with Crippen LogP contribution in [0, 0.1) is 0 Å². The molecule has 0 unspecified atom stereocenters. The molecule has 3 aromatic carbocycles. The van der Waals surface area contributed by atoms with Crippen molar-refractivity contribution >= 4 is 50.2 Å². The molecule has 0 aliphatic carbocycles. The van der Waals surface area contributed by atoms with Crippen molar-refractivity contribution in [1.29, 1.82) is 0 Å². The van der Waals surface area contributed by atoms with Gasteiger partial charge >= 0.3 is 0 Å². The Morgan fingerprint density at radius 3 is 2.46 bits per heavy atom. The fraction of sp³-hybridized carbons (Fsp3) is 0. The molecule has 0 fully saturated rings. The Kier molecular flexibility index (Phi) is 4.00. The van der Waals surface area contributed by atoms with E-state index in [2.05, 4.69) is 25.8 Å². The molecule has 0 aliphatic rings. The van der Waals surface area contributed by atoms with E-state index in [-0.39, 0.29) is 0 Å². The largest absolute Gasteiger partial charge is 0.325 e.